The Morgan fingerprint density at radius 3 is 2.53 bits per heavy atom. The number of carbonyl (C=O) groups is 1. The predicted octanol–water partition coefficient (Wildman–Crippen LogP) is 4.03. The van der Waals surface area contributed by atoms with Crippen molar-refractivity contribution in [3.8, 4) is 0 Å². The van der Waals surface area contributed by atoms with Crippen LogP contribution >= 0.6 is 11.6 Å². The summed E-state index contributed by atoms with van der Waals surface area (Å²) in [6.07, 6.45) is 0.768. The zero-order valence-electron chi connectivity index (χ0n) is 17.7. The molecule has 0 aromatic heterocycles. The van der Waals surface area contributed by atoms with Gasteiger partial charge in [0.1, 0.15) is 18.2 Å². The topological polar surface area (TPSA) is 66.8 Å². The van der Waals surface area contributed by atoms with Gasteiger partial charge in [0.2, 0.25) is 5.91 Å². The molecular formula is C23H26ClF2NO4S. The van der Waals surface area contributed by atoms with Gasteiger partial charge in [-0.2, -0.15) is 0 Å². The number of piperidine rings is 1. The normalized spacial score (nSPS) is 17.7. The number of halogens is 3. The molecule has 174 valence electrons. The van der Waals surface area contributed by atoms with Crippen molar-refractivity contribution in [3.63, 3.8) is 0 Å². The van der Waals surface area contributed by atoms with Crippen LogP contribution in [-0.2, 0) is 25.1 Å². The van der Waals surface area contributed by atoms with Crippen LogP contribution in [0.1, 0.15) is 31.7 Å². The first-order chi connectivity index (χ1) is 15.2. The fraction of sp³-hybridized carbons (Fsp3) is 0.435. The second-order valence-electron chi connectivity index (χ2n) is 7.99. The van der Waals surface area contributed by atoms with Gasteiger partial charge in [-0.1, -0.05) is 11.6 Å². The Labute approximate surface area is 193 Å². The van der Waals surface area contributed by atoms with E-state index >= 15 is 0 Å². The molecule has 0 bridgehead atoms. The Morgan fingerprint density at radius 2 is 1.88 bits per heavy atom. The number of benzene rings is 2. The van der Waals surface area contributed by atoms with E-state index in [9.17, 15) is 22.9 Å². The highest BCUT2D eigenvalue weighted by Crippen LogP contribution is 2.37. The molecule has 0 saturated carbocycles. The lowest BCUT2D eigenvalue weighted by Gasteiger charge is -2.31. The summed E-state index contributed by atoms with van der Waals surface area (Å²) in [5, 5.41) is 10.0. The van der Waals surface area contributed by atoms with Crippen molar-refractivity contribution in [1.29, 1.82) is 0 Å². The van der Waals surface area contributed by atoms with Crippen LogP contribution in [0.25, 0.3) is 0 Å². The number of aliphatic hydroxyl groups excluding tert-OH is 1. The lowest BCUT2D eigenvalue weighted by atomic mass is 9.96. The summed E-state index contributed by atoms with van der Waals surface area (Å²) in [5.74, 6) is -1.50. The van der Waals surface area contributed by atoms with E-state index in [0.717, 1.165) is 18.2 Å². The van der Waals surface area contributed by atoms with Crippen molar-refractivity contribution >= 4 is 28.3 Å². The van der Waals surface area contributed by atoms with Crippen LogP contribution in [-0.4, -0.2) is 52.5 Å². The largest absolute Gasteiger partial charge is 0.393 e. The average Bonchev–Trinajstić information content (AvgIpc) is 2.78. The third-order valence-corrected chi connectivity index (χ3v) is 7.90. The molecule has 1 fully saturated rings. The van der Waals surface area contributed by atoms with E-state index < -0.39 is 27.2 Å². The van der Waals surface area contributed by atoms with Crippen molar-refractivity contribution in [2.24, 2.45) is 0 Å². The van der Waals surface area contributed by atoms with E-state index in [1.54, 1.807) is 36.1 Å². The zero-order valence-corrected chi connectivity index (χ0v) is 19.3. The third kappa shape index (κ3) is 5.92. The van der Waals surface area contributed by atoms with Gasteiger partial charge in [0.05, 0.1) is 21.7 Å². The number of hydrogen-bond donors (Lipinski definition) is 1. The number of nitrogens with zero attached hydrogens (tertiary/aromatic N) is 1. The van der Waals surface area contributed by atoms with Crippen LogP contribution in [0.5, 0.6) is 0 Å². The van der Waals surface area contributed by atoms with Crippen molar-refractivity contribution in [1.82, 2.24) is 4.90 Å². The molecule has 2 aromatic carbocycles. The summed E-state index contributed by atoms with van der Waals surface area (Å²) >= 11 is 5.92. The van der Waals surface area contributed by atoms with Gasteiger partial charge in [-0.25, -0.2) is 8.78 Å². The minimum absolute atomic E-state index is 0.0218. The molecule has 1 N–H and O–H groups in total. The lowest BCUT2D eigenvalue weighted by Crippen LogP contribution is -2.42. The molecule has 1 saturated heterocycles. The van der Waals surface area contributed by atoms with Gasteiger partial charge in [-0.3, -0.25) is 9.00 Å². The van der Waals surface area contributed by atoms with Gasteiger partial charge in [0.15, 0.2) is 0 Å². The van der Waals surface area contributed by atoms with Crippen molar-refractivity contribution in [3.05, 3.63) is 64.7 Å². The van der Waals surface area contributed by atoms with Crippen molar-refractivity contribution in [2.75, 3.05) is 26.3 Å². The molecule has 2 aromatic rings. The van der Waals surface area contributed by atoms with Gasteiger partial charge >= 0.3 is 0 Å². The molecule has 0 aliphatic carbocycles. The lowest BCUT2D eigenvalue weighted by molar-refractivity contribution is -0.138. The Balaban J connectivity index is 1.73. The van der Waals surface area contributed by atoms with Gasteiger partial charge in [0.25, 0.3) is 0 Å². The Kier molecular flexibility index (Phi) is 8.38. The summed E-state index contributed by atoms with van der Waals surface area (Å²) in [4.78, 5) is 14.4. The molecule has 5 nitrogen and oxygen atoms in total. The van der Waals surface area contributed by atoms with Crippen LogP contribution in [0, 0.1) is 11.6 Å². The van der Waals surface area contributed by atoms with Crippen LogP contribution in [0.2, 0.25) is 5.02 Å². The number of aliphatic hydroxyl groups is 1. The first kappa shape index (κ1) is 24.8. The van der Waals surface area contributed by atoms with E-state index in [-0.39, 0.29) is 37.2 Å². The Morgan fingerprint density at radius 1 is 1.22 bits per heavy atom. The molecule has 2 atom stereocenters. The molecule has 0 spiro atoms. The van der Waals surface area contributed by atoms with Crippen LogP contribution in [0.4, 0.5) is 8.78 Å². The first-order valence-corrected chi connectivity index (χ1v) is 11.9. The molecule has 1 heterocycles. The summed E-state index contributed by atoms with van der Waals surface area (Å²) in [6.45, 7) is 2.37. The van der Waals surface area contributed by atoms with E-state index in [0.29, 0.717) is 35.8 Å². The maximum absolute atomic E-state index is 14.7. The van der Waals surface area contributed by atoms with Gasteiger partial charge in [-0.15, -0.1) is 0 Å². The van der Waals surface area contributed by atoms with E-state index in [2.05, 4.69) is 0 Å². The van der Waals surface area contributed by atoms with E-state index in [4.69, 9.17) is 16.3 Å². The fourth-order valence-electron chi connectivity index (χ4n) is 3.68. The summed E-state index contributed by atoms with van der Waals surface area (Å²) in [5.41, 5.74) is -0.0225. The first-order valence-electron chi connectivity index (χ1n) is 10.4. The summed E-state index contributed by atoms with van der Waals surface area (Å²) in [7, 11) is -1.76. The smallest absolute Gasteiger partial charge is 0.248 e. The fourth-order valence-corrected chi connectivity index (χ4v) is 5.34. The molecule has 9 heteroatoms. The average molecular weight is 486 g/mol. The monoisotopic (exact) mass is 485 g/mol. The maximum atomic E-state index is 14.7. The highest BCUT2D eigenvalue weighted by Gasteiger charge is 2.37. The molecule has 3 rings (SSSR count). The number of hydrogen-bond acceptors (Lipinski definition) is 4. The van der Waals surface area contributed by atoms with Gasteiger partial charge in [-0.05, 0) is 68.7 Å². The maximum Gasteiger partial charge on any atom is 0.248 e. The Hall–Kier alpha value is -1.87. The quantitative estimate of drug-likeness (QED) is 0.573. The number of rotatable bonds is 8. The molecule has 32 heavy (non-hydrogen) atoms. The highest BCUT2D eigenvalue weighted by atomic mass is 35.5. The minimum Gasteiger partial charge on any atom is -0.393 e. The zero-order chi connectivity index (χ0) is 23.3. The van der Waals surface area contributed by atoms with Gasteiger partial charge < -0.3 is 14.7 Å². The van der Waals surface area contributed by atoms with Gasteiger partial charge in [0, 0.05) is 35.2 Å². The number of likely N-dealkylation sites (tertiary alicyclic amines) is 1. The molecule has 2 unspecified atom stereocenters. The molecular weight excluding hydrogens is 460 g/mol. The molecule has 1 amide bonds. The highest BCUT2D eigenvalue weighted by molar-refractivity contribution is 7.86. The summed E-state index contributed by atoms with van der Waals surface area (Å²) in [6, 6.07) is 9.41. The van der Waals surface area contributed by atoms with E-state index in [1.807, 2.05) is 0 Å². The van der Waals surface area contributed by atoms with Crippen molar-refractivity contribution < 1.29 is 27.6 Å². The minimum atomic E-state index is -1.76. The third-order valence-electron chi connectivity index (χ3n) is 5.70. The van der Waals surface area contributed by atoms with Crippen LogP contribution < -0.4 is 0 Å². The summed E-state index contributed by atoms with van der Waals surface area (Å²) < 4.78 is 46.3. The second kappa shape index (κ2) is 10.8. The predicted molar refractivity (Wildman–Crippen MR) is 119 cm³/mol. The molecule has 1 aliphatic rings. The SMILES string of the molecule is CC(CCOCC(=O)N1CCC(O)CC1)(c1cc(F)ccc1F)S(=O)c1ccc(Cl)cc1. The van der Waals surface area contributed by atoms with Crippen LogP contribution in [0.3, 0.4) is 0 Å². The van der Waals surface area contributed by atoms with E-state index in [1.165, 1.54) is 0 Å². The number of carbonyl (C=O) groups excluding carboxylic acids is 1. The molecule has 1 aliphatic heterocycles. The molecule has 0 radical (unpaired) electrons. The van der Waals surface area contributed by atoms with Crippen LogP contribution in [0.15, 0.2) is 47.4 Å². The Bertz CT molecular complexity index is 967. The number of amides is 1. The number of ether oxygens (including phenoxy) is 1. The standard InChI is InChI=1S/C23H26ClF2NO4S/c1-23(20-14-17(25)4-7-21(20)26,32(30)19-5-2-16(24)3-6-19)10-13-31-15-22(29)27-11-8-18(28)9-12-27/h2-7,14,18,28H,8-13,15H2,1H3. The van der Waals surface area contributed by atoms with Crippen molar-refractivity contribution in [2.45, 2.75) is 41.9 Å². The second-order valence-corrected chi connectivity index (χ2v) is 10.3.